The van der Waals surface area contributed by atoms with Gasteiger partial charge in [-0.1, -0.05) is 6.07 Å². The number of hydrogen-bond donors (Lipinski definition) is 1. The first kappa shape index (κ1) is 11.9. The Kier molecular flexibility index (Phi) is 3.44. The van der Waals surface area contributed by atoms with E-state index in [1.54, 1.807) is 24.4 Å². The molecule has 1 heterocycles. The monoisotopic (exact) mass is 239 g/mol. The largest absolute Gasteiger partial charge is 0.485 e. The van der Waals surface area contributed by atoms with Crippen molar-refractivity contribution in [3.05, 3.63) is 53.2 Å². The topological polar surface area (TPSA) is 71.9 Å². The van der Waals surface area contributed by atoms with Crippen molar-refractivity contribution in [3.8, 4) is 11.8 Å². The van der Waals surface area contributed by atoms with E-state index in [1.165, 1.54) is 0 Å². The van der Waals surface area contributed by atoms with E-state index in [0.717, 1.165) is 11.1 Å². The Morgan fingerprint density at radius 2 is 2.22 bits per heavy atom. The third kappa shape index (κ3) is 2.58. The first-order valence-corrected chi connectivity index (χ1v) is 5.53. The molecule has 2 N–H and O–H groups in total. The van der Waals surface area contributed by atoms with Gasteiger partial charge in [0.1, 0.15) is 6.61 Å². The summed E-state index contributed by atoms with van der Waals surface area (Å²) in [4.78, 5) is 3.95. The fourth-order valence-corrected chi connectivity index (χ4v) is 1.61. The van der Waals surface area contributed by atoms with Crippen LogP contribution in [0.4, 0.5) is 5.82 Å². The standard InChI is InChI=1S/C14H13N3O/c1-10-7-11(8-15)4-5-12(10)9-18-13-3-2-6-17-14(13)16/h2-7H,9H2,1H3,(H2,16,17). The van der Waals surface area contributed by atoms with Crippen molar-refractivity contribution in [2.24, 2.45) is 0 Å². The van der Waals surface area contributed by atoms with Gasteiger partial charge in [0.2, 0.25) is 0 Å². The maximum Gasteiger partial charge on any atom is 0.166 e. The van der Waals surface area contributed by atoms with Crippen LogP contribution in [-0.2, 0) is 6.61 Å². The number of pyridine rings is 1. The molecule has 0 saturated heterocycles. The lowest BCUT2D eigenvalue weighted by atomic mass is 10.1. The molecule has 0 aliphatic carbocycles. The fourth-order valence-electron chi connectivity index (χ4n) is 1.61. The second kappa shape index (κ2) is 5.19. The van der Waals surface area contributed by atoms with Crippen molar-refractivity contribution in [3.63, 3.8) is 0 Å². The van der Waals surface area contributed by atoms with Gasteiger partial charge in [-0.25, -0.2) is 4.98 Å². The number of rotatable bonds is 3. The summed E-state index contributed by atoms with van der Waals surface area (Å²) in [5, 5.41) is 8.79. The Hall–Kier alpha value is -2.54. The number of ether oxygens (including phenoxy) is 1. The highest BCUT2D eigenvalue weighted by atomic mass is 16.5. The van der Waals surface area contributed by atoms with E-state index >= 15 is 0 Å². The molecule has 2 rings (SSSR count). The molecule has 0 bridgehead atoms. The van der Waals surface area contributed by atoms with Crippen LogP contribution in [0.1, 0.15) is 16.7 Å². The van der Waals surface area contributed by atoms with Crippen molar-refractivity contribution in [2.75, 3.05) is 5.73 Å². The number of nitriles is 1. The summed E-state index contributed by atoms with van der Waals surface area (Å²) in [6.45, 7) is 2.36. The molecule has 4 nitrogen and oxygen atoms in total. The average molecular weight is 239 g/mol. The predicted octanol–water partition coefficient (Wildman–Crippen LogP) is 2.42. The Bertz CT molecular complexity index is 602. The lowest BCUT2D eigenvalue weighted by molar-refractivity contribution is 0.306. The molecule has 4 heteroatoms. The molecule has 0 amide bonds. The van der Waals surface area contributed by atoms with Crippen LogP contribution in [0.5, 0.6) is 5.75 Å². The zero-order chi connectivity index (χ0) is 13.0. The zero-order valence-electron chi connectivity index (χ0n) is 10.1. The van der Waals surface area contributed by atoms with Crippen LogP contribution >= 0.6 is 0 Å². The fraction of sp³-hybridized carbons (Fsp3) is 0.143. The minimum absolute atomic E-state index is 0.379. The van der Waals surface area contributed by atoms with Crippen LogP contribution in [0.25, 0.3) is 0 Å². The molecule has 0 atom stereocenters. The summed E-state index contributed by atoms with van der Waals surface area (Å²) in [5.41, 5.74) is 8.39. The second-order valence-electron chi connectivity index (χ2n) is 3.93. The smallest absolute Gasteiger partial charge is 0.166 e. The van der Waals surface area contributed by atoms with Crippen molar-refractivity contribution in [1.82, 2.24) is 4.98 Å². The number of nitrogens with two attached hydrogens (primary N) is 1. The summed E-state index contributed by atoms with van der Waals surface area (Å²) in [7, 11) is 0. The van der Waals surface area contributed by atoms with Crippen molar-refractivity contribution in [1.29, 1.82) is 5.26 Å². The number of benzene rings is 1. The molecule has 0 aliphatic rings. The van der Waals surface area contributed by atoms with Crippen molar-refractivity contribution < 1.29 is 4.74 Å². The molecular formula is C14H13N3O. The molecular weight excluding hydrogens is 226 g/mol. The van der Waals surface area contributed by atoms with E-state index in [9.17, 15) is 0 Å². The van der Waals surface area contributed by atoms with Crippen molar-refractivity contribution >= 4 is 5.82 Å². The van der Waals surface area contributed by atoms with E-state index < -0.39 is 0 Å². The van der Waals surface area contributed by atoms with Crippen LogP contribution in [0, 0.1) is 18.3 Å². The van der Waals surface area contributed by atoms with Gasteiger partial charge in [-0.15, -0.1) is 0 Å². The highest BCUT2D eigenvalue weighted by Crippen LogP contribution is 2.19. The summed E-state index contributed by atoms with van der Waals surface area (Å²) in [6.07, 6.45) is 1.62. The molecule has 2 aromatic rings. The Morgan fingerprint density at radius 1 is 1.39 bits per heavy atom. The molecule has 0 aliphatic heterocycles. The van der Waals surface area contributed by atoms with E-state index in [4.69, 9.17) is 15.7 Å². The van der Waals surface area contributed by atoms with Gasteiger partial charge in [-0.2, -0.15) is 5.26 Å². The number of nitrogen functional groups attached to an aromatic ring is 1. The van der Waals surface area contributed by atoms with Gasteiger partial charge in [0, 0.05) is 6.20 Å². The average Bonchev–Trinajstić information content (AvgIpc) is 2.39. The molecule has 1 aromatic heterocycles. The number of aryl methyl sites for hydroxylation is 1. The lowest BCUT2D eigenvalue weighted by Crippen LogP contribution is -2.01. The molecule has 0 radical (unpaired) electrons. The van der Waals surface area contributed by atoms with Gasteiger partial charge < -0.3 is 10.5 Å². The Balaban J connectivity index is 2.12. The third-order valence-corrected chi connectivity index (χ3v) is 2.65. The number of hydrogen-bond acceptors (Lipinski definition) is 4. The molecule has 1 aromatic carbocycles. The SMILES string of the molecule is Cc1cc(C#N)ccc1COc1cccnc1N. The van der Waals surface area contributed by atoms with E-state index in [0.29, 0.717) is 23.7 Å². The van der Waals surface area contributed by atoms with E-state index in [1.807, 2.05) is 19.1 Å². The highest BCUT2D eigenvalue weighted by Gasteiger charge is 2.03. The van der Waals surface area contributed by atoms with Gasteiger partial charge in [0.05, 0.1) is 11.6 Å². The van der Waals surface area contributed by atoms with Crippen LogP contribution in [-0.4, -0.2) is 4.98 Å². The number of nitrogens with zero attached hydrogens (tertiary/aromatic N) is 2. The molecule has 0 unspecified atom stereocenters. The van der Waals surface area contributed by atoms with Crippen molar-refractivity contribution in [2.45, 2.75) is 13.5 Å². The minimum Gasteiger partial charge on any atom is -0.485 e. The third-order valence-electron chi connectivity index (χ3n) is 2.65. The molecule has 0 spiro atoms. The van der Waals surface area contributed by atoms with Gasteiger partial charge in [0.25, 0.3) is 0 Å². The van der Waals surface area contributed by atoms with Gasteiger partial charge in [-0.05, 0) is 42.3 Å². The Morgan fingerprint density at radius 3 is 2.89 bits per heavy atom. The maximum absolute atomic E-state index is 8.79. The van der Waals surface area contributed by atoms with Gasteiger partial charge >= 0.3 is 0 Å². The molecule has 18 heavy (non-hydrogen) atoms. The summed E-state index contributed by atoms with van der Waals surface area (Å²) < 4.78 is 5.61. The quantitative estimate of drug-likeness (QED) is 0.892. The summed E-state index contributed by atoms with van der Waals surface area (Å²) in [6, 6.07) is 11.2. The summed E-state index contributed by atoms with van der Waals surface area (Å²) >= 11 is 0. The van der Waals surface area contributed by atoms with E-state index in [-0.39, 0.29) is 0 Å². The van der Waals surface area contributed by atoms with Crippen LogP contribution in [0.15, 0.2) is 36.5 Å². The Labute approximate surface area is 106 Å². The van der Waals surface area contributed by atoms with Crippen LogP contribution < -0.4 is 10.5 Å². The molecule has 0 saturated carbocycles. The lowest BCUT2D eigenvalue weighted by Gasteiger charge is -2.10. The normalized spacial score (nSPS) is 9.78. The van der Waals surface area contributed by atoms with Gasteiger partial charge in [-0.3, -0.25) is 0 Å². The van der Waals surface area contributed by atoms with Gasteiger partial charge in [0.15, 0.2) is 11.6 Å². The minimum atomic E-state index is 0.379. The first-order chi connectivity index (χ1) is 8.70. The molecule has 90 valence electrons. The summed E-state index contributed by atoms with van der Waals surface area (Å²) in [5.74, 6) is 0.949. The molecule has 0 fully saturated rings. The number of anilines is 1. The highest BCUT2D eigenvalue weighted by molar-refractivity contribution is 5.45. The predicted molar refractivity (Wildman–Crippen MR) is 68.9 cm³/mol. The van der Waals surface area contributed by atoms with E-state index in [2.05, 4.69) is 11.1 Å². The first-order valence-electron chi connectivity index (χ1n) is 5.53. The van der Waals surface area contributed by atoms with Crippen LogP contribution in [0.2, 0.25) is 0 Å². The second-order valence-corrected chi connectivity index (χ2v) is 3.93. The number of aromatic nitrogens is 1. The van der Waals surface area contributed by atoms with Crippen LogP contribution in [0.3, 0.4) is 0 Å². The maximum atomic E-state index is 8.79. The zero-order valence-corrected chi connectivity index (χ0v) is 10.1.